The maximum Gasteiger partial charge on any atom is 0.226 e. The molecule has 2 N–H and O–H groups in total. The third-order valence-corrected chi connectivity index (χ3v) is 7.22. The van der Waals surface area contributed by atoms with Gasteiger partial charge in [-0.05, 0) is 31.2 Å². The SMILES string of the molecule is CC(C)C(CCN)CCc1nc(C2SCCSC2C)no1. The van der Waals surface area contributed by atoms with Crippen LogP contribution in [0.1, 0.15) is 50.6 Å². The maximum absolute atomic E-state index is 5.70. The highest BCUT2D eigenvalue weighted by molar-refractivity contribution is 8.06. The largest absolute Gasteiger partial charge is 0.339 e. The molecule has 1 aliphatic rings. The van der Waals surface area contributed by atoms with Gasteiger partial charge in [0.05, 0.1) is 5.25 Å². The second kappa shape index (κ2) is 8.44. The summed E-state index contributed by atoms with van der Waals surface area (Å²) in [5, 5.41) is 5.16. The molecule has 0 aliphatic carbocycles. The Morgan fingerprint density at radius 3 is 2.71 bits per heavy atom. The minimum Gasteiger partial charge on any atom is -0.339 e. The number of hydrogen-bond donors (Lipinski definition) is 1. The van der Waals surface area contributed by atoms with Crippen molar-refractivity contribution >= 4 is 23.5 Å². The van der Waals surface area contributed by atoms with Crippen LogP contribution in [0.5, 0.6) is 0 Å². The summed E-state index contributed by atoms with van der Waals surface area (Å²) in [6.45, 7) is 7.53. The summed E-state index contributed by atoms with van der Waals surface area (Å²) < 4.78 is 5.46. The Morgan fingerprint density at radius 1 is 1.29 bits per heavy atom. The smallest absolute Gasteiger partial charge is 0.226 e. The van der Waals surface area contributed by atoms with Gasteiger partial charge in [-0.1, -0.05) is 25.9 Å². The summed E-state index contributed by atoms with van der Waals surface area (Å²) >= 11 is 3.96. The van der Waals surface area contributed by atoms with E-state index in [0.29, 0.717) is 22.3 Å². The first-order valence-electron chi connectivity index (χ1n) is 7.87. The van der Waals surface area contributed by atoms with E-state index in [9.17, 15) is 0 Å². The van der Waals surface area contributed by atoms with Crippen LogP contribution < -0.4 is 5.73 Å². The third kappa shape index (κ3) is 4.89. The zero-order valence-electron chi connectivity index (χ0n) is 13.2. The van der Waals surface area contributed by atoms with Crippen molar-refractivity contribution in [2.45, 2.75) is 50.5 Å². The number of nitrogens with two attached hydrogens (primary N) is 1. The highest BCUT2D eigenvalue weighted by Gasteiger charge is 2.28. The highest BCUT2D eigenvalue weighted by atomic mass is 32.2. The molecule has 1 saturated heterocycles. The first-order valence-corrected chi connectivity index (χ1v) is 9.97. The van der Waals surface area contributed by atoms with Crippen LogP contribution in [-0.2, 0) is 6.42 Å². The number of nitrogens with zero attached hydrogens (tertiary/aromatic N) is 2. The van der Waals surface area contributed by atoms with E-state index in [1.54, 1.807) is 0 Å². The van der Waals surface area contributed by atoms with Gasteiger partial charge >= 0.3 is 0 Å². The van der Waals surface area contributed by atoms with E-state index in [1.807, 2.05) is 23.5 Å². The van der Waals surface area contributed by atoms with Gasteiger partial charge in [-0.15, -0.1) is 11.8 Å². The Morgan fingerprint density at radius 2 is 2.05 bits per heavy atom. The van der Waals surface area contributed by atoms with Gasteiger partial charge in [0.1, 0.15) is 0 Å². The quantitative estimate of drug-likeness (QED) is 0.825. The molecule has 0 amide bonds. The Labute approximate surface area is 136 Å². The Kier molecular flexibility index (Phi) is 6.89. The Balaban J connectivity index is 1.90. The van der Waals surface area contributed by atoms with Crippen molar-refractivity contribution in [3.8, 4) is 0 Å². The lowest BCUT2D eigenvalue weighted by molar-refractivity contribution is 0.312. The van der Waals surface area contributed by atoms with Gasteiger partial charge in [-0.25, -0.2) is 0 Å². The van der Waals surface area contributed by atoms with Crippen LogP contribution in [0.25, 0.3) is 0 Å². The fraction of sp³-hybridized carbons (Fsp3) is 0.867. The lowest BCUT2D eigenvalue weighted by Gasteiger charge is -2.24. The van der Waals surface area contributed by atoms with E-state index in [4.69, 9.17) is 10.3 Å². The maximum atomic E-state index is 5.70. The van der Waals surface area contributed by atoms with Crippen LogP contribution in [0.4, 0.5) is 0 Å². The zero-order valence-corrected chi connectivity index (χ0v) is 14.9. The summed E-state index contributed by atoms with van der Waals surface area (Å²) in [6.07, 6.45) is 3.03. The molecule has 2 rings (SSSR count). The molecule has 0 spiro atoms. The molecule has 0 aromatic carbocycles. The van der Waals surface area contributed by atoms with Crippen LogP contribution in [0, 0.1) is 11.8 Å². The second-order valence-corrected chi connectivity index (χ2v) is 8.77. The number of thioether (sulfide) groups is 2. The van der Waals surface area contributed by atoms with Crippen molar-refractivity contribution in [3.63, 3.8) is 0 Å². The lowest BCUT2D eigenvalue weighted by atomic mass is 9.88. The van der Waals surface area contributed by atoms with Crippen molar-refractivity contribution in [1.29, 1.82) is 0 Å². The molecule has 0 radical (unpaired) electrons. The van der Waals surface area contributed by atoms with Crippen molar-refractivity contribution in [3.05, 3.63) is 11.7 Å². The molecule has 3 atom stereocenters. The van der Waals surface area contributed by atoms with Gasteiger partial charge in [0, 0.05) is 23.2 Å². The van der Waals surface area contributed by atoms with E-state index in [2.05, 4.69) is 30.9 Å². The highest BCUT2D eigenvalue weighted by Crippen LogP contribution is 2.41. The van der Waals surface area contributed by atoms with Gasteiger partial charge < -0.3 is 10.3 Å². The van der Waals surface area contributed by atoms with E-state index in [-0.39, 0.29) is 0 Å². The van der Waals surface area contributed by atoms with Crippen molar-refractivity contribution in [2.24, 2.45) is 17.6 Å². The normalized spacial score (nSPS) is 24.4. The molecule has 1 aromatic heterocycles. The van der Waals surface area contributed by atoms with E-state index in [1.165, 1.54) is 11.5 Å². The van der Waals surface area contributed by atoms with Gasteiger partial charge in [-0.3, -0.25) is 0 Å². The van der Waals surface area contributed by atoms with Crippen molar-refractivity contribution in [2.75, 3.05) is 18.1 Å². The average Bonchev–Trinajstić information content (AvgIpc) is 2.92. The van der Waals surface area contributed by atoms with Crippen LogP contribution in [0.3, 0.4) is 0 Å². The first-order chi connectivity index (χ1) is 10.1. The minimum atomic E-state index is 0.381. The Bertz CT molecular complexity index is 425. The van der Waals surface area contributed by atoms with Crippen LogP contribution in [0.15, 0.2) is 4.52 Å². The predicted octanol–water partition coefficient (Wildman–Crippen LogP) is 3.53. The molecule has 6 heteroatoms. The van der Waals surface area contributed by atoms with Crippen molar-refractivity contribution < 1.29 is 4.52 Å². The predicted molar refractivity (Wildman–Crippen MR) is 91.7 cm³/mol. The summed E-state index contributed by atoms with van der Waals surface area (Å²) in [4.78, 5) is 4.63. The molecule has 21 heavy (non-hydrogen) atoms. The summed E-state index contributed by atoms with van der Waals surface area (Å²) in [7, 11) is 0. The first kappa shape index (κ1) is 17.2. The fourth-order valence-corrected chi connectivity index (χ4v) is 5.41. The number of aromatic nitrogens is 2. The van der Waals surface area contributed by atoms with Crippen molar-refractivity contribution in [1.82, 2.24) is 10.1 Å². The summed E-state index contributed by atoms with van der Waals surface area (Å²) in [6, 6.07) is 0. The molecular formula is C15H27N3OS2. The number of rotatable bonds is 7. The summed E-state index contributed by atoms with van der Waals surface area (Å²) in [5.41, 5.74) is 5.70. The van der Waals surface area contributed by atoms with Gasteiger partial charge in [0.2, 0.25) is 5.89 Å². The zero-order chi connectivity index (χ0) is 15.2. The molecule has 1 fully saturated rings. The number of aryl methyl sites for hydroxylation is 1. The van der Waals surface area contributed by atoms with E-state index in [0.717, 1.165) is 37.5 Å². The van der Waals surface area contributed by atoms with Crippen LogP contribution in [0.2, 0.25) is 0 Å². The van der Waals surface area contributed by atoms with Gasteiger partial charge in [0.25, 0.3) is 0 Å². The van der Waals surface area contributed by atoms with Gasteiger partial charge in [0.15, 0.2) is 5.82 Å². The molecule has 0 bridgehead atoms. The molecular weight excluding hydrogens is 302 g/mol. The van der Waals surface area contributed by atoms with Gasteiger partial charge in [-0.2, -0.15) is 16.7 Å². The summed E-state index contributed by atoms with van der Waals surface area (Å²) in [5.74, 6) is 5.37. The second-order valence-electron chi connectivity index (χ2n) is 6.03. The van der Waals surface area contributed by atoms with E-state index < -0.39 is 0 Å². The minimum absolute atomic E-state index is 0.381. The molecule has 3 unspecified atom stereocenters. The average molecular weight is 330 g/mol. The molecule has 120 valence electrons. The Hall–Kier alpha value is -0.200. The molecule has 2 heterocycles. The monoisotopic (exact) mass is 329 g/mol. The van der Waals surface area contributed by atoms with Crippen LogP contribution >= 0.6 is 23.5 Å². The van der Waals surface area contributed by atoms with E-state index >= 15 is 0 Å². The topological polar surface area (TPSA) is 64.9 Å². The standard InChI is InChI=1S/C15H27N3OS2/c1-10(2)12(6-7-16)4-5-13-17-15(18-19-13)14-11(3)20-8-9-21-14/h10-12,14H,4-9,16H2,1-3H3. The molecule has 0 saturated carbocycles. The lowest BCUT2D eigenvalue weighted by Crippen LogP contribution is -2.17. The third-order valence-electron chi connectivity index (χ3n) is 4.14. The fourth-order valence-electron chi connectivity index (χ4n) is 2.74. The molecule has 1 aromatic rings. The molecule has 1 aliphatic heterocycles. The molecule has 4 nitrogen and oxygen atoms in total. The number of hydrogen-bond acceptors (Lipinski definition) is 6. The van der Waals surface area contributed by atoms with Crippen LogP contribution in [-0.4, -0.2) is 33.4 Å².